The van der Waals surface area contributed by atoms with E-state index in [9.17, 15) is 4.79 Å². The van der Waals surface area contributed by atoms with Crippen molar-refractivity contribution in [3.05, 3.63) is 64.8 Å². The molecule has 0 saturated heterocycles. The highest BCUT2D eigenvalue weighted by Crippen LogP contribution is 2.24. The molecule has 0 bridgehead atoms. The van der Waals surface area contributed by atoms with Crippen molar-refractivity contribution < 1.29 is 4.42 Å². The predicted octanol–water partition coefficient (Wildman–Crippen LogP) is 3.16. The van der Waals surface area contributed by atoms with Crippen LogP contribution in [-0.4, -0.2) is 4.98 Å². The van der Waals surface area contributed by atoms with Crippen LogP contribution < -0.4 is 5.43 Å². The maximum absolute atomic E-state index is 11.8. The van der Waals surface area contributed by atoms with Crippen molar-refractivity contribution in [2.24, 2.45) is 0 Å². The Hall–Kier alpha value is -2.42. The largest absolute Gasteiger partial charge is 0.464 e. The van der Waals surface area contributed by atoms with Crippen molar-refractivity contribution in [2.45, 2.75) is 6.92 Å². The Bertz CT molecular complexity index is 775. The molecule has 2 heterocycles. The van der Waals surface area contributed by atoms with Crippen molar-refractivity contribution in [1.29, 1.82) is 0 Å². The highest BCUT2D eigenvalue weighted by atomic mass is 16.3. The van der Waals surface area contributed by atoms with E-state index in [1.807, 2.05) is 37.3 Å². The van der Waals surface area contributed by atoms with Gasteiger partial charge in [-0.1, -0.05) is 12.1 Å². The van der Waals surface area contributed by atoms with Gasteiger partial charge in [-0.2, -0.15) is 0 Å². The topological polar surface area (TPSA) is 43.1 Å². The first kappa shape index (κ1) is 10.7. The first-order chi connectivity index (χ1) is 8.75. The van der Waals surface area contributed by atoms with Gasteiger partial charge in [0.1, 0.15) is 5.58 Å². The van der Waals surface area contributed by atoms with Crippen LogP contribution in [0.1, 0.15) is 5.69 Å². The van der Waals surface area contributed by atoms with Crippen molar-refractivity contribution in [3.8, 4) is 11.1 Å². The zero-order chi connectivity index (χ0) is 12.5. The van der Waals surface area contributed by atoms with Crippen molar-refractivity contribution in [2.75, 3.05) is 0 Å². The summed E-state index contributed by atoms with van der Waals surface area (Å²) in [7, 11) is 0. The maximum atomic E-state index is 11.8. The van der Waals surface area contributed by atoms with Crippen molar-refractivity contribution in [1.82, 2.24) is 4.98 Å². The van der Waals surface area contributed by atoms with Gasteiger partial charge < -0.3 is 4.42 Å². The van der Waals surface area contributed by atoms with Gasteiger partial charge in [0, 0.05) is 23.5 Å². The second-order valence-corrected chi connectivity index (χ2v) is 4.13. The Morgan fingerprint density at radius 3 is 2.89 bits per heavy atom. The van der Waals surface area contributed by atoms with E-state index < -0.39 is 0 Å². The molecule has 0 fully saturated rings. The molecule has 0 aliphatic carbocycles. The van der Waals surface area contributed by atoms with Gasteiger partial charge in [-0.3, -0.25) is 9.78 Å². The van der Waals surface area contributed by atoms with Crippen LogP contribution in [0.25, 0.3) is 22.1 Å². The lowest BCUT2D eigenvalue weighted by molar-refractivity contribution is 0.602. The highest BCUT2D eigenvalue weighted by molar-refractivity contribution is 5.83. The third-order valence-corrected chi connectivity index (χ3v) is 2.98. The predicted molar refractivity (Wildman–Crippen MR) is 70.5 cm³/mol. The van der Waals surface area contributed by atoms with Gasteiger partial charge in [-0.15, -0.1) is 0 Å². The minimum atomic E-state index is -0.0281. The van der Waals surface area contributed by atoms with Gasteiger partial charge in [0.15, 0.2) is 5.43 Å². The Balaban J connectivity index is 2.29. The van der Waals surface area contributed by atoms with Gasteiger partial charge in [0.05, 0.1) is 11.6 Å². The quantitative estimate of drug-likeness (QED) is 0.653. The van der Waals surface area contributed by atoms with E-state index in [0.29, 0.717) is 11.0 Å². The second kappa shape index (κ2) is 4.11. The average molecular weight is 237 g/mol. The third kappa shape index (κ3) is 1.70. The molecule has 3 aromatic rings. The fourth-order valence-corrected chi connectivity index (χ4v) is 2.04. The summed E-state index contributed by atoms with van der Waals surface area (Å²) in [5.41, 5.74) is 3.53. The second-order valence-electron chi connectivity index (χ2n) is 4.13. The van der Waals surface area contributed by atoms with Gasteiger partial charge in [-0.25, -0.2) is 0 Å². The third-order valence-electron chi connectivity index (χ3n) is 2.98. The van der Waals surface area contributed by atoms with E-state index in [-0.39, 0.29) is 5.43 Å². The van der Waals surface area contributed by atoms with E-state index in [0.717, 1.165) is 16.8 Å². The molecular formula is C15H11NO2. The fourth-order valence-electron chi connectivity index (χ4n) is 2.04. The summed E-state index contributed by atoms with van der Waals surface area (Å²) in [5, 5.41) is 0.596. The van der Waals surface area contributed by atoms with E-state index in [1.54, 1.807) is 6.20 Å². The number of benzene rings is 1. The first-order valence-corrected chi connectivity index (χ1v) is 5.69. The number of pyridine rings is 1. The minimum Gasteiger partial charge on any atom is -0.464 e. The fraction of sp³-hybridized carbons (Fsp3) is 0.0667. The van der Waals surface area contributed by atoms with Crippen LogP contribution in [0.3, 0.4) is 0 Å². The molecule has 88 valence electrons. The molecule has 18 heavy (non-hydrogen) atoms. The number of aryl methyl sites for hydroxylation is 1. The van der Waals surface area contributed by atoms with Gasteiger partial charge >= 0.3 is 0 Å². The number of rotatable bonds is 1. The molecule has 0 spiro atoms. The average Bonchev–Trinajstić information content (AvgIpc) is 2.40. The lowest BCUT2D eigenvalue weighted by atomic mass is 10.0. The standard InChI is InChI=1S/C15H11NO2/c1-10-12(3-2-7-16-10)11-4-5-15-13(9-11)14(17)6-8-18-15/h2-9H,1H3. The molecule has 1 aromatic carbocycles. The Kier molecular flexibility index (Phi) is 2.45. The zero-order valence-electron chi connectivity index (χ0n) is 9.88. The molecule has 2 aromatic heterocycles. The molecule has 0 unspecified atom stereocenters. The molecule has 0 atom stereocenters. The Morgan fingerprint density at radius 1 is 1.17 bits per heavy atom. The first-order valence-electron chi connectivity index (χ1n) is 5.69. The van der Waals surface area contributed by atoms with Crippen LogP contribution in [0.4, 0.5) is 0 Å². The van der Waals surface area contributed by atoms with Crippen LogP contribution in [0.2, 0.25) is 0 Å². The van der Waals surface area contributed by atoms with Gasteiger partial charge in [0.25, 0.3) is 0 Å². The van der Waals surface area contributed by atoms with E-state index in [4.69, 9.17) is 4.42 Å². The molecule has 3 rings (SSSR count). The summed E-state index contributed by atoms with van der Waals surface area (Å²) in [6.45, 7) is 1.95. The molecular weight excluding hydrogens is 226 g/mol. The number of aromatic nitrogens is 1. The van der Waals surface area contributed by atoms with Crippen molar-refractivity contribution in [3.63, 3.8) is 0 Å². The molecule has 3 heteroatoms. The van der Waals surface area contributed by atoms with Crippen LogP contribution >= 0.6 is 0 Å². The number of nitrogens with zero attached hydrogens (tertiary/aromatic N) is 1. The molecule has 0 N–H and O–H groups in total. The summed E-state index contributed by atoms with van der Waals surface area (Å²) in [5.74, 6) is 0. The summed E-state index contributed by atoms with van der Waals surface area (Å²) in [4.78, 5) is 16.0. The monoisotopic (exact) mass is 237 g/mol. The molecule has 0 aliphatic heterocycles. The summed E-state index contributed by atoms with van der Waals surface area (Å²) in [6.07, 6.45) is 3.17. The lowest BCUT2D eigenvalue weighted by Crippen LogP contribution is -1.98. The van der Waals surface area contributed by atoms with Gasteiger partial charge in [-0.05, 0) is 30.7 Å². The zero-order valence-corrected chi connectivity index (χ0v) is 9.88. The molecule has 0 saturated carbocycles. The Morgan fingerprint density at radius 2 is 2.06 bits per heavy atom. The van der Waals surface area contributed by atoms with E-state index in [2.05, 4.69) is 4.98 Å². The molecule has 0 radical (unpaired) electrons. The van der Waals surface area contributed by atoms with Crippen LogP contribution in [-0.2, 0) is 0 Å². The smallest absolute Gasteiger partial charge is 0.192 e. The minimum absolute atomic E-state index is 0.0281. The SMILES string of the molecule is Cc1ncccc1-c1ccc2occc(=O)c2c1. The number of hydrogen-bond acceptors (Lipinski definition) is 3. The van der Waals surface area contributed by atoms with Crippen LogP contribution in [0, 0.1) is 6.92 Å². The maximum Gasteiger partial charge on any atom is 0.192 e. The van der Waals surface area contributed by atoms with Gasteiger partial charge in [0.2, 0.25) is 0 Å². The molecule has 0 amide bonds. The molecule has 0 aliphatic rings. The highest BCUT2D eigenvalue weighted by Gasteiger charge is 2.05. The number of hydrogen-bond donors (Lipinski definition) is 0. The lowest BCUT2D eigenvalue weighted by Gasteiger charge is -2.05. The molecule has 3 nitrogen and oxygen atoms in total. The summed E-state index contributed by atoms with van der Waals surface area (Å²) in [6, 6.07) is 10.9. The summed E-state index contributed by atoms with van der Waals surface area (Å²) < 4.78 is 5.30. The summed E-state index contributed by atoms with van der Waals surface area (Å²) >= 11 is 0. The number of fused-ring (bicyclic) bond motifs is 1. The van der Waals surface area contributed by atoms with Crippen LogP contribution in [0.5, 0.6) is 0 Å². The van der Waals surface area contributed by atoms with Crippen LogP contribution in [0.15, 0.2) is 58.1 Å². The Labute approximate surface area is 104 Å². The normalized spacial score (nSPS) is 10.7. The van der Waals surface area contributed by atoms with Crippen molar-refractivity contribution >= 4 is 11.0 Å². The van der Waals surface area contributed by atoms with E-state index in [1.165, 1.54) is 12.3 Å². The van der Waals surface area contributed by atoms with E-state index >= 15 is 0 Å².